The molecule has 5 heteroatoms. The molecule has 0 aliphatic carbocycles. The van der Waals surface area contributed by atoms with Crippen LogP contribution in [0.1, 0.15) is 5.56 Å². The molecule has 20 heavy (non-hydrogen) atoms. The fourth-order valence-electron chi connectivity index (χ4n) is 1.81. The number of rotatable bonds is 0. The van der Waals surface area contributed by atoms with E-state index in [1.807, 2.05) is 25.1 Å². The predicted octanol–water partition coefficient (Wildman–Crippen LogP) is 1.82. The molecule has 0 aromatic heterocycles. The zero-order valence-corrected chi connectivity index (χ0v) is 11.9. The van der Waals surface area contributed by atoms with Gasteiger partial charge in [0.15, 0.2) is 11.5 Å². The Morgan fingerprint density at radius 3 is 1.75 bits per heavy atom. The van der Waals surface area contributed by atoms with Crippen molar-refractivity contribution in [3.63, 3.8) is 0 Å². The van der Waals surface area contributed by atoms with Gasteiger partial charge in [0.05, 0.1) is 39.6 Å². The molecule has 0 unspecified atom stereocenters. The predicted molar refractivity (Wildman–Crippen MR) is 74.6 cm³/mol. The van der Waals surface area contributed by atoms with Crippen molar-refractivity contribution in [2.75, 3.05) is 52.9 Å². The van der Waals surface area contributed by atoms with Gasteiger partial charge < -0.3 is 23.7 Å². The lowest BCUT2D eigenvalue weighted by molar-refractivity contribution is 0.00708. The van der Waals surface area contributed by atoms with Crippen LogP contribution in [0.3, 0.4) is 0 Å². The lowest BCUT2D eigenvalue weighted by Crippen LogP contribution is -2.13. The van der Waals surface area contributed by atoms with Gasteiger partial charge in [-0.1, -0.05) is 6.07 Å². The Kier molecular flexibility index (Phi) is 6.63. The van der Waals surface area contributed by atoms with Crippen molar-refractivity contribution in [3.8, 4) is 11.5 Å². The molecule has 0 bridgehead atoms. The highest BCUT2D eigenvalue weighted by Gasteiger charge is 2.06. The molecule has 1 aliphatic heterocycles. The zero-order valence-electron chi connectivity index (χ0n) is 11.9. The molecule has 1 aromatic carbocycles. The minimum Gasteiger partial charge on any atom is -0.487 e. The third-order valence-corrected chi connectivity index (χ3v) is 2.81. The van der Waals surface area contributed by atoms with Gasteiger partial charge in [-0.2, -0.15) is 0 Å². The maximum Gasteiger partial charge on any atom is 0.161 e. The molecule has 2 rings (SSSR count). The topological polar surface area (TPSA) is 46.2 Å². The van der Waals surface area contributed by atoms with Gasteiger partial charge in [-0.25, -0.2) is 0 Å². The van der Waals surface area contributed by atoms with Crippen LogP contribution in [0.2, 0.25) is 0 Å². The number of fused-ring (bicyclic) bond motifs is 1. The fourth-order valence-corrected chi connectivity index (χ4v) is 1.81. The van der Waals surface area contributed by atoms with Crippen LogP contribution in [-0.2, 0) is 14.2 Å². The number of hydrogen-bond acceptors (Lipinski definition) is 5. The molecule has 0 fully saturated rings. The van der Waals surface area contributed by atoms with Crippen LogP contribution in [0.4, 0.5) is 0 Å². The van der Waals surface area contributed by atoms with Crippen molar-refractivity contribution in [1.82, 2.24) is 0 Å². The highest BCUT2D eigenvalue weighted by atomic mass is 16.6. The van der Waals surface area contributed by atoms with Crippen LogP contribution in [0, 0.1) is 6.92 Å². The van der Waals surface area contributed by atoms with E-state index in [1.54, 1.807) is 0 Å². The third kappa shape index (κ3) is 5.36. The summed E-state index contributed by atoms with van der Waals surface area (Å²) in [5.74, 6) is 1.49. The van der Waals surface area contributed by atoms with Crippen molar-refractivity contribution in [2.45, 2.75) is 6.92 Å². The van der Waals surface area contributed by atoms with E-state index in [4.69, 9.17) is 23.7 Å². The Hall–Kier alpha value is -1.30. The standard InChI is InChI=1S/C15H22O5/c1-13-2-3-14-15(12-13)20-11-9-18-7-5-16-4-6-17-8-10-19-14/h2-3,12H,4-11H2,1H3. The van der Waals surface area contributed by atoms with Gasteiger partial charge in [-0.3, -0.25) is 0 Å². The van der Waals surface area contributed by atoms with Crippen molar-refractivity contribution in [2.24, 2.45) is 0 Å². The first-order valence-corrected chi connectivity index (χ1v) is 6.96. The van der Waals surface area contributed by atoms with Gasteiger partial charge in [0.2, 0.25) is 0 Å². The molecule has 5 nitrogen and oxygen atoms in total. The van der Waals surface area contributed by atoms with Gasteiger partial charge in [-0.05, 0) is 24.6 Å². The van der Waals surface area contributed by atoms with Crippen molar-refractivity contribution in [1.29, 1.82) is 0 Å². The van der Waals surface area contributed by atoms with Crippen molar-refractivity contribution >= 4 is 0 Å². The minimum atomic E-state index is 0.496. The third-order valence-electron chi connectivity index (χ3n) is 2.81. The molecular weight excluding hydrogens is 260 g/mol. The molecule has 0 spiro atoms. The molecule has 0 saturated carbocycles. The molecule has 1 heterocycles. The van der Waals surface area contributed by atoms with Crippen molar-refractivity contribution < 1.29 is 23.7 Å². The monoisotopic (exact) mass is 282 g/mol. The SMILES string of the molecule is Cc1ccc2c(c1)OCCOCCOCCOCCO2. The number of aryl methyl sites for hydroxylation is 1. The van der Waals surface area contributed by atoms with Gasteiger partial charge in [-0.15, -0.1) is 0 Å². The number of benzene rings is 1. The van der Waals surface area contributed by atoms with Gasteiger partial charge >= 0.3 is 0 Å². The summed E-state index contributed by atoms with van der Waals surface area (Å²) >= 11 is 0. The van der Waals surface area contributed by atoms with Crippen LogP contribution in [0.15, 0.2) is 18.2 Å². The van der Waals surface area contributed by atoms with E-state index >= 15 is 0 Å². The number of ether oxygens (including phenoxy) is 5. The largest absolute Gasteiger partial charge is 0.487 e. The zero-order chi connectivity index (χ0) is 14.0. The molecule has 0 N–H and O–H groups in total. The molecule has 1 aliphatic rings. The molecule has 0 amide bonds. The maximum atomic E-state index is 5.71. The second-order valence-electron chi connectivity index (χ2n) is 4.48. The van der Waals surface area contributed by atoms with Gasteiger partial charge in [0.1, 0.15) is 13.2 Å². The Morgan fingerprint density at radius 1 is 0.650 bits per heavy atom. The molecule has 0 atom stereocenters. The quantitative estimate of drug-likeness (QED) is 0.726. The Labute approximate surface area is 119 Å². The normalized spacial score (nSPS) is 18.9. The fraction of sp³-hybridized carbons (Fsp3) is 0.600. The van der Waals surface area contributed by atoms with Crippen LogP contribution in [0.5, 0.6) is 11.5 Å². The lowest BCUT2D eigenvalue weighted by Gasteiger charge is -2.13. The second kappa shape index (κ2) is 8.79. The van der Waals surface area contributed by atoms with Gasteiger partial charge in [0, 0.05) is 0 Å². The van der Waals surface area contributed by atoms with Crippen LogP contribution in [-0.4, -0.2) is 52.9 Å². The summed E-state index contributed by atoms with van der Waals surface area (Å²) in [5.41, 5.74) is 1.14. The van der Waals surface area contributed by atoms with E-state index in [0.29, 0.717) is 52.9 Å². The Bertz CT molecular complexity index is 394. The first kappa shape index (κ1) is 15.1. The highest BCUT2D eigenvalue weighted by molar-refractivity contribution is 5.42. The summed E-state index contributed by atoms with van der Waals surface area (Å²) < 4.78 is 27.6. The number of hydrogen-bond donors (Lipinski definition) is 0. The van der Waals surface area contributed by atoms with E-state index in [1.165, 1.54) is 0 Å². The summed E-state index contributed by atoms with van der Waals surface area (Å²) in [5, 5.41) is 0. The Morgan fingerprint density at radius 2 is 1.15 bits per heavy atom. The lowest BCUT2D eigenvalue weighted by atomic mass is 10.2. The summed E-state index contributed by atoms with van der Waals surface area (Å²) in [6, 6.07) is 5.89. The molecule has 1 aromatic rings. The molecule has 0 saturated heterocycles. The minimum absolute atomic E-state index is 0.496. The maximum absolute atomic E-state index is 5.71. The van der Waals surface area contributed by atoms with E-state index in [9.17, 15) is 0 Å². The summed E-state index contributed by atoms with van der Waals surface area (Å²) in [4.78, 5) is 0. The summed E-state index contributed by atoms with van der Waals surface area (Å²) in [6.07, 6.45) is 0. The second-order valence-corrected chi connectivity index (χ2v) is 4.48. The molecule has 112 valence electrons. The molecular formula is C15H22O5. The Balaban J connectivity index is 1.93. The molecule has 0 radical (unpaired) electrons. The van der Waals surface area contributed by atoms with Crippen molar-refractivity contribution in [3.05, 3.63) is 23.8 Å². The van der Waals surface area contributed by atoms with E-state index in [2.05, 4.69) is 0 Å². The summed E-state index contributed by atoms with van der Waals surface area (Å²) in [7, 11) is 0. The average Bonchev–Trinajstić information content (AvgIpc) is 2.45. The van der Waals surface area contributed by atoms with Crippen LogP contribution >= 0.6 is 0 Å². The van der Waals surface area contributed by atoms with E-state index in [-0.39, 0.29) is 0 Å². The highest BCUT2D eigenvalue weighted by Crippen LogP contribution is 2.28. The van der Waals surface area contributed by atoms with E-state index < -0.39 is 0 Å². The first-order chi connectivity index (χ1) is 9.86. The van der Waals surface area contributed by atoms with E-state index in [0.717, 1.165) is 17.1 Å². The smallest absolute Gasteiger partial charge is 0.161 e. The van der Waals surface area contributed by atoms with Crippen LogP contribution < -0.4 is 9.47 Å². The van der Waals surface area contributed by atoms with Gasteiger partial charge in [0.25, 0.3) is 0 Å². The average molecular weight is 282 g/mol. The first-order valence-electron chi connectivity index (χ1n) is 6.96. The van der Waals surface area contributed by atoms with Crippen LogP contribution in [0.25, 0.3) is 0 Å². The summed E-state index contributed by atoms with van der Waals surface area (Å²) in [6.45, 7) is 6.38.